The largest absolute Gasteiger partial charge is 0.404 e. The summed E-state index contributed by atoms with van der Waals surface area (Å²) < 4.78 is 87.5. The molecule has 1 fully saturated rings. The summed E-state index contributed by atoms with van der Waals surface area (Å²) in [7, 11) is 0. The van der Waals surface area contributed by atoms with Gasteiger partial charge in [0.05, 0.1) is 24.1 Å². The summed E-state index contributed by atoms with van der Waals surface area (Å²) in [6.45, 7) is 0.326. The minimum absolute atomic E-state index is 0.249. The van der Waals surface area contributed by atoms with E-state index in [0.717, 1.165) is 26.0 Å². The lowest BCUT2D eigenvalue weighted by atomic mass is 9.62. The standard InChI is InChI=1S/C27H31F6N3O3/c1-23(2,30)14-19(20(38)36-24(15-34)12-13-24)35-21(27(31,32)33)25(26(39,16-37)22(28)29)10-8-18(9-11-25)17-6-4-3-5-7-17/h3-10,19,21-22,35,37,39H,11-14,16H2,1-2H3,(H,36,38)/t19-,21?,25?,26-/m0/s1. The summed E-state index contributed by atoms with van der Waals surface area (Å²) >= 11 is 0. The second-order valence-electron chi connectivity index (χ2n) is 10.8. The second-order valence-corrected chi connectivity index (χ2v) is 10.8. The van der Waals surface area contributed by atoms with Crippen molar-refractivity contribution in [1.29, 1.82) is 5.26 Å². The van der Waals surface area contributed by atoms with Crippen LogP contribution < -0.4 is 10.6 Å². The first-order valence-electron chi connectivity index (χ1n) is 12.3. The minimum atomic E-state index is -5.36. The van der Waals surface area contributed by atoms with Crippen LogP contribution in [0.15, 0.2) is 48.6 Å². The van der Waals surface area contributed by atoms with Gasteiger partial charge in [0.2, 0.25) is 5.91 Å². The number of hydrogen-bond acceptors (Lipinski definition) is 5. The van der Waals surface area contributed by atoms with Gasteiger partial charge in [-0.1, -0.05) is 48.6 Å². The van der Waals surface area contributed by atoms with Gasteiger partial charge in [0.25, 0.3) is 6.43 Å². The Morgan fingerprint density at radius 1 is 1.15 bits per heavy atom. The van der Waals surface area contributed by atoms with Crippen LogP contribution in [-0.2, 0) is 4.79 Å². The molecule has 0 aromatic heterocycles. The third-order valence-corrected chi connectivity index (χ3v) is 7.28. The number of rotatable bonds is 11. The van der Waals surface area contributed by atoms with Crippen molar-refractivity contribution in [3.05, 3.63) is 54.1 Å². The average Bonchev–Trinajstić information content (AvgIpc) is 3.64. The number of carbonyl (C=O) groups is 1. The van der Waals surface area contributed by atoms with E-state index in [9.17, 15) is 46.6 Å². The summed E-state index contributed by atoms with van der Waals surface area (Å²) in [5.41, 5.74) is -9.02. The molecule has 0 spiro atoms. The van der Waals surface area contributed by atoms with Crippen LogP contribution >= 0.6 is 0 Å². The van der Waals surface area contributed by atoms with Gasteiger partial charge < -0.3 is 15.5 Å². The molecule has 1 aromatic carbocycles. The van der Waals surface area contributed by atoms with E-state index in [-0.39, 0.29) is 12.8 Å². The van der Waals surface area contributed by atoms with Crippen molar-refractivity contribution in [2.45, 2.75) is 81.0 Å². The van der Waals surface area contributed by atoms with Gasteiger partial charge in [0, 0.05) is 6.42 Å². The molecular formula is C27H31F6N3O3. The van der Waals surface area contributed by atoms with E-state index in [1.54, 1.807) is 30.3 Å². The monoisotopic (exact) mass is 559 g/mol. The third-order valence-electron chi connectivity index (χ3n) is 7.28. The van der Waals surface area contributed by atoms with Crippen LogP contribution in [0.2, 0.25) is 0 Å². The van der Waals surface area contributed by atoms with Crippen molar-refractivity contribution in [3.63, 3.8) is 0 Å². The van der Waals surface area contributed by atoms with E-state index in [2.05, 4.69) is 5.32 Å². The summed E-state index contributed by atoms with van der Waals surface area (Å²) in [6, 6.07) is 5.26. The van der Waals surface area contributed by atoms with Gasteiger partial charge in [-0.05, 0) is 44.2 Å². The van der Waals surface area contributed by atoms with Crippen LogP contribution in [0.4, 0.5) is 26.3 Å². The van der Waals surface area contributed by atoms with Crippen LogP contribution in [0, 0.1) is 16.7 Å². The predicted molar refractivity (Wildman–Crippen MR) is 131 cm³/mol. The van der Waals surface area contributed by atoms with Crippen LogP contribution in [0.25, 0.3) is 5.57 Å². The highest BCUT2D eigenvalue weighted by Crippen LogP contribution is 2.51. The number of carbonyl (C=O) groups excluding carboxylic acids is 1. The second kappa shape index (κ2) is 10.9. The number of hydrogen-bond donors (Lipinski definition) is 4. The van der Waals surface area contributed by atoms with E-state index in [0.29, 0.717) is 11.1 Å². The van der Waals surface area contributed by atoms with Crippen molar-refractivity contribution in [1.82, 2.24) is 10.6 Å². The Balaban J connectivity index is 2.10. The number of benzene rings is 1. The molecule has 1 saturated carbocycles. The molecule has 3 rings (SSSR count). The maximum atomic E-state index is 14.7. The van der Waals surface area contributed by atoms with Crippen molar-refractivity contribution < 1.29 is 41.4 Å². The average molecular weight is 560 g/mol. The van der Waals surface area contributed by atoms with Crippen molar-refractivity contribution in [2.24, 2.45) is 5.41 Å². The van der Waals surface area contributed by atoms with Gasteiger partial charge in [-0.25, -0.2) is 13.2 Å². The normalized spacial score (nSPS) is 23.8. The zero-order valence-corrected chi connectivity index (χ0v) is 21.4. The molecule has 1 amide bonds. The van der Waals surface area contributed by atoms with E-state index in [1.807, 2.05) is 11.4 Å². The first-order chi connectivity index (χ1) is 18.0. The topological polar surface area (TPSA) is 105 Å². The first kappa shape index (κ1) is 30.7. The van der Waals surface area contributed by atoms with E-state index < -0.39 is 72.3 Å². The SMILES string of the molecule is CC(C)(F)C[C@H](NC(C(F)(F)F)C1([C@](O)(CO)C(F)F)C=CC(c2ccccc2)=CC1)C(=O)NC1(C#N)CC1. The van der Waals surface area contributed by atoms with Gasteiger partial charge in [0.15, 0.2) is 5.60 Å². The predicted octanol–water partition coefficient (Wildman–Crippen LogP) is 4.20. The van der Waals surface area contributed by atoms with Gasteiger partial charge in [-0.3, -0.25) is 10.1 Å². The Hall–Kier alpha value is -2.88. The third kappa shape index (κ3) is 6.48. The molecule has 2 unspecified atom stereocenters. The Bertz CT molecular complexity index is 1140. The molecule has 6 nitrogen and oxygen atoms in total. The molecule has 2 aliphatic carbocycles. The Morgan fingerprint density at radius 2 is 1.77 bits per heavy atom. The maximum Gasteiger partial charge on any atom is 0.404 e. The lowest BCUT2D eigenvalue weighted by Gasteiger charge is -2.50. The lowest BCUT2D eigenvalue weighted by Crippen LogP contribution is -2.70. The Kier molecular flexibility index (Phi) is 8.60. The molecule has 0 aliphatic heterocycles. The fourth-order valence-corrected chi connectivity index (χ4v) is 4.86. The highest BCUT2D eigenvalue weighted by atomic mass is 19.4. The fraction of sp³-hybridized carbons (Fsp3) is 0.556. The van der Waals surface area contributed by atoms with E-state index in [4.69, 9.17) is 0 Å². The van der Waals surface area contributed by atoms with Crippen LogP contribution in [0.3, 0.4) is 0 Å². The zero-order chi connectivity index (χ0) is 29.3. The lowest BCUT2D eigenvalue weighted by molar-refractivity contribution is -0.244. The number of aliphatic hydroxyl groups is 2. The van der Waals surface area contributed by atoms with Gasteiger partial charge >= 0.3 is 6.18 Å². The molecule has 1 aromatic rings. The molecule has 0 bridgehead atoms. The summed E-state index contributed by atoms with van der Waals surface area (Å²) in [6.07, 6.45) is -7.14. The molecule has 0 heterocycles. The van der Waals surface area contributed by atoms with E-state index in [1.165, 1.54) is 6.08 Å². The highest BCUT2D eigenvalue weighted by molar-refractivity contribution is 5.83. The molecule has 214 valence electrons. The molecule has 12 heteroatoms. The fourth-order valence-electron chi connectivity index (χ4n) is 4.86. The highest BCUT2D eigenvalue weighted by Gasteiger charge is 2.65. The Morgan fingerprint density at radius 3 is 2.18 bits per heavy atom. The van der Waals surface area contributed by atoms with Crippen LogP contribution in [0.1, 0.15) is 45.1 Å². The van der Waals surface area contributed by atoms with Crippen LogP contribution in [0.5, 0.6) is 0 Å². The number of halogens is 6. The van der Waals surface area contributed by atoms with Crippen LogP contribution in [-0.4, -0.2) is 64.2 Å². The molecular weight excluding hydrogens is 528 g/mol. The molecule has 39 heavy (non-hydrogen) atoms. The summed E-state index contributed by atoms with van der Waals surface area (Å²) in [5.74, 6) is -1.12. The minimum Gasteiger partial charge on any atom is -0.393 e. The number of nitrogens with one attached hydrogen (secondary N) is 2. The summed E-state index contributed by atoms with van der Waals surface area (Å²) in [4.78, 5) is 13.0. The van der Waals surface area contributed by atoms with E-state index >= 15 is 0 Å². The molecule has 0 radical (unpaired) electrons. The number of aliphatic hydroxyl groups excluding tert-OH is 1. The van der Waals surface area contributed by atoms with Gasteiger partial charge in [0.1, 0.15) is 17.2 Å². The first-order valence-corrected chi connectivity index (χ1v) is 12.3. The maximum absolute atomic E-state index is 14.7. The number of nitrogens with zero attached hydrogens (tertiary/aromatic N) is 1. The molecule has 4 atom stereocenters. The number of nitriles is 1. The number of alkyl halides is 6. The quantitative estimate of drug-likeness (QED) is 0.304. The zero-order valence-electron chi connectivity index (χ0n) is 21.4. The Labute approximate surface area is 222 Å². The molecule has 4 N–H and O–H groups in total. The van der Waals surface area contributed by atoms with Gasteiger partial charge in [-0.2, -0.15) is 18.4 Å². The molecule has 2 aliphatic rings. The smallest absolute Gasteiger partial charge is 0.393 e. The number of amides is 1. The van der Waals surface area contributed by atoms with Crippen molar-refractivity contribution in [2.75, 3.05) is 6.61 Å². The summed E-state index contributed by atoms with van der Waals surface area (Å²) in [5, 5.41) is 34.4. The number of allylic oxidation sites excluding steroid dienone is 3. The molecule has 0 saturated heterocycles. The van der Waals surface area contributed by atoms with Crippen molar-refractivity contribution >= 4 is 11.5 Å². The van der Waals surface area contributed by atoms with Crippen molar-refractivity contribution in [3.8, 4) is 6.07 Å². The van der Waals surface area contributed by atoms with Gasteiger partial charge in [-0.15, -0.1) is 0 Å².